The summed E-state index contributed by atoms with van der Waals surface area (Å²) in [5.74, 6) is 0.160. The first-order valence-electron chi connectivity index (χ1n) is 8.70. The van der Waals surface area contributed by atoms with E-state index in [-0.39, 0.29) is 11.6 Å². The van der Waals surface area contributed by atoms with Crippen LogP contribution in [0.25, 0.3) is 11.3 Å². The Morgan fingerprint density at radius 2 is 1.58 bits per heavy atom. The molecule has 0 amide bonds. The quantitative estimate of drug-likeness (QED) is 0.559. The average Bonchev–Trinajstić information content (AvgIpc) is 3.10. The number of aromatic nitrogens is 1. The third-order valence-electron chi connectivity index (χ3n) is 4.25. The highest BCUT2D eigenvalue weighted by Gasteiger charge is 2.11. The number of benzene rings is 2. The molecule has 0 aliphatic rings. The van der Waals surface area contributed by atoms with Crippen molar-refractivity contribution >= 4 is 22.9 Å². The van der Waals surface area contributed by atoms with Gasteiger partial charge in [-0.15, -0.1) is 11.3 Å². The van der Waals surface area contributed by atoms with E-state index in [9.17, 15) is 9.59 Å². The summed E-state index contributed by atoms with van der Waals surface area (Å²) in [5, 5.41) is 2.82. The van der Waals surface area contributed by atoms with Crippen LogP contribution >= 0.6 is 11.3 Å². The highest BCUT2D eigenvalue weighted by Crippen LogP contribution is 2.23. The summed E-state index contributed by atoms with van der Waals surface area (Å²) in [5.41, 5.74) is 4.87. The van der Waals surface area contributed by atoms with Gasteiger partial charge in [-0.2, -0.15) is 0 Å². The maximum Gasteiger partial charge on any atom is 0.169 e. The van der Waals surface area contributed by atoms with Crippen LogP contribution in [0.15, 0.2) is 53.9 Å². The lowest BCUT2D eigenvalue weighted by Gasteiger charge is -2.02. The summed E-state index contributed by atoms with van der Waals surface area (Å²) >= 11 is 1.51. The number of ketones is 2. The molecule has 132 valence electrons. The van der Waals surface area contributed by atoms with Gasteiger partial charge in [0.25, 0.3) is 0 Å². The molecule has 0 spiro atoms. The zero-order valence-electron chi connectivity index (χ0n) is 15.0. The van der Waals surface area contributed by atoms with E-state index < -0.39 is 0 Å². The fourth-order valence-corrected chi connectivity index (χ4v) is 3.57. The van der Waals surface area contributed by atoms with Crippen LogP contribution in [0.5, 0.6) is 0 Å². The fourth-order valence-electron chi connectivity index (χ4n) is 2.77. The molecule has 0 atom stereocenters. The van der Waals surface area contributed by atoms with Crippen LogP contribution in [-0.4, -0.2) is 16.6 Å². The molecule has 0 aliphatic heterocycles. The molecule has 0 N–H and O–H groups in total. The SMILES string of the molecule is CCc1ccc(-c2csc(CC(=O)c3ccc(CC(C)=O)cc3)n2)cc1. The van der Waals surface area contributed by atoms with E-state index >= 15 is 0 Å². The van der Waals surface area contributed by atoms with Crippen LogP contribution in [0.1, 0.15) is 40.3 Å². The van der Waals surface area contributed by atoms with Crippen molar-refractivity contribution in [2.24, 2.45) is 0 Å². The Kier molecular flexibility index (Phi) is 5.74. The molecule has 1 aromatic heterocycles. The Balaban J connectivity index is 1.68. The van der Waals surface area contributed by atoms with E-state index in [4.69, 9.17) is 0 Å². The third kappa shape index (κ3) is 4.52. The summed E-state index contributed by atoms with van der Waals surface area (Å²) in [7, 11) is 0. The number of thiazole rings is 1. The van der Waals surface area contributed by atoms with E-state index in [1.165, 1.54) is 16.9 Å². The van der Waals surface area contributed by atoms with E-state index in [0.29, 0.717) is 18.4 Å². The zero-order valence-corrected chi connectivity index (χ0v) is 15.8. The summed E-state index contributed by atoms with van der Waals surface area (Å²) in [6, 6.07) is 15.6. The van der Waals surface area contributed by atoms with Crippen LogP contribution in [0, 0.1) is 0 Å². The first kappa shape index (κ1) is 18.2. The second-order valence-electron chi connectivity index (χ2n) is 6.35. The van der Waals surface area contributed by atoms with Crippen molar-refractivity contribution < 1.29 is 9.59 Å². The van der Waals surface area contributed by atoms with Crippen molar-refractivity contribution in [1.82, 2.24) is 4.98 Å². The predicted octanol–water partition coefficient (Wildman–Crippen LogP) is 4.93. The van der Waals surface area contributed by atoms with Crippen LogP contribution < -0.4 is 0 Å². The van der Waals surface area contributed by atoms with Gasteiger partial charge in [0, 0.05) is 22.9 Å². The number of Topliss-reactive ketones (excluding diaryl/α,β-unsaturated/α-hetero) is 2. The number of nitrogens with zero attached hydrogens (tertiary/aromatic N) is 1. The lowest BCUT2D eigenvalue weighted by molar-refractivity contribution is -0.116. The standard InChI is InChI=1S/C22H21NO2S/c1-3-16-4-8-18(9-5-16)20-14-26-22(23-20)13-21(25)19-10-6-17(7-11-19)12-15(2)24/h4-11,14H,3,12-13H2,1-2H3. The number of carbonyl (C=O) groups is 2. The van der Waals surface area contributed by atoms with Crippen molar-refractivity contribution in [3.63, 3.8) is 0 Å². The van der Waals surface area contributed by atoms with Crippen molar-refractivity contribution in [2.45, 2.75) is 33.1 Å². The predicted molar refractivity (Wildman–Crippen MR) is 106 cm³/mol. The van der Waals surface area contributed by atoms with Gasteiger partial charge in [0.15, 0.2) is 5.78 Å². The minimum atomic E-state index is 0.0432. The molecule has 0 saturated carbocycles. The third-order valence-corrected chi connectivity index (χ3v) is 5.10. The lowest BCUT2D eigenvalue weighted by atomic mass is 10.0. The van der Waals surface area contributed by atoms with E-state index in [0.717, 1.165) is 28.2 Å². The molecule has 4 heteroatoms. The van der Waals surface area contributed by atoms with Gasteiger partial charge >= 0.3 is 0 Å². The van der Waals surface area contributed by atoms with Crippen molar-refractivity contribution in [3.05, 3.63) is 75.6 Å². The van der Waals surface area contributed by atoms with Crippen molar-refractivity contribution in [2.75, 3.05) is 0 Å². The highest BCUT2D eigenvalue weighted by atomic mass is 32.1. The molecule has 3 nitrogen and oxygen atoms in total. The van der Waals surface area contributed by atoms with Crippen LogP contribution in [0.2, 0.25) is 0 Å². The Morgan fingerprint density at radius 1 is 0.923 bits per heavy atom. The first-order chi connectivity index (χ1) is 12.5. The highest BCUT2D eigenvalue weighted by molar-refractivity contribution is 7.10. The monoisotopic (exact) mass is 363 g/mol. The smallest absolute Gasteiger partial charge is 0.169 e. The molecular formula is C22H21NO2S. The largest absolute Gasteiger partial charge is 0.300 e. The number of hydrogen-bond acceptors (Lipinski definition) is 4. The Labute approximate surface area is 157 Å². The van der Waals surface area contributed by atoms with E-state index in [2.05, 4.69) is 36.2 Å². The molecule has 2 aromatic carbocycles. The molecule has 0 saturated heterocycles. The van der Waals surface area contributed by atoms with Gasteiger partial charge in [-0.05, 0) is 24.5 Å². The van der Waals surface area contributed by atoms with Gasteiger partial charge in [-0.3, -0.25) is 9.59 Å². The second-order valence-corrected chi connectivity index (χ2v) is 7.30. The molecule has 0 aliphatic carbocycles. The van der Waals surface area contributed by atoms with Crippen LogP contribution in [0.4, 0.5) is 0 Å². The lowest BCUT2D eigenvalue weighted by Crippen LogP contribution is -2.04. The molecule has 3 rings (SSSR count). The summed E-state index contributed by atoms with van der Waals surface area (Å²) in [6.07, 6.45) is 1.72. The van der Waals surface area contributed by atoms with Gasteiger partial charge in [0.1, 0.15) is 10.8 Å². The molecule has 0 radical (unpaired) electrons. The van der Waals surface area contributed by atoms with Crippen LogP contribution in [0.3, 0.4) is 0 Å². The molecule has 0 unspecified atom stereocenters. The minimum absolute atomic E-state index is 0.0432. The molecular weight excluding hydrogens is 342 g/mol. The van der Waals surface area contributed by atoms with Gasteiger partial charge in [0.05, 0.1) is 12.1 Å². The Bertz CT molecular complexity index is 908. The summed E-state index contributed by atoms with van der Waals surface area (Å²) < 4.78 is 0. The summed E-state index contributed by atoms with van der Waals surface area (Å²) in [4.78, 5) is 28.2. The van der Waals surface area contributed by atoms with Gasteiger partial charge in [-0.25, -0.2) is 4.98 Å². The van der Waals surface area contributed by atoms with E-state index in [1.807, 2.05) is 17.5 Å². The van der Waals surface area contributed by atoms with Gasteiger partial charge < -0.3 is 0 Å². The normalized spacial score (nSPS) is 10.7. The minimum Gasteiger partial charge on any atom is -0.300 e. The van der Waals surface area contributed by atoms with Crippen LogP contribution in [-0.2, 0) is 24.1 Å². The van der Waals surface area contributed by atoms with Gasteiger partial charge in [0.2, 0.25) is 0 Å². The second kappa shape index (κ2) is 8.19. The maximum atomic E-state index is 12.5. The van der Waals surface area contributed by atoms with E-state index in [1.54, 1.807) is 19.1 Å². The zero-order chi connectivity index (χ0) is 18.5. The molecule has 1 heterocycles. The number of aryl methyl sites for hydroxylation is 1. The number of rotatable bonds is 7. The molecule has 0 bridgehead atoms. The molecule has 3 aromatic rings. The average molecular weight is 363 g/mol. The fraction of sp³-hybridized carbons (Fsp3) is 0.227. The maximum absolute atomic E-state index is 12.5. The number of hydrogen-bond donors (Lipinski definition) is 0. The molecule has 0 fully saturated rings. The number of carbonyl (C=O) groups excluding carboxylic acids is 2. The topological polar surface area (TPSA) is 47.0 Å². The van der Waals surface area contributed by atoms with Crippen molar-refractivity contribution in [1.29, 1.82) is 0 Å². The van der Waals surface area contributed by atoms with Crippen molar-refractivity contribution in [3.8, 4) is 11.3 Å². The Hall–Kier alpha value is -2.59. The molecule has 26 heavy (non-hydrogen) atoms. The Morgan fingerprint density at radius 3 is 2.19 bits per heavy atom. The summed E-state index contributed by atoms with van der Waals surface area (Å²) in [6.45, 7) is 3.70. The first-order valence-corrected chi connectivity index (χ1v) is 9.58. The van der Waals surface area contributed by atoms with Gasteiger partial charge in [-0.1, -0.05) is 55.5 Å².